The van der Waals surface area contributed by atoms with E-state index >= 15 is 0 Å². The number of ether oxygens (including phenoxy) is 1. The molecule has 0 fully saturated rings. The highest BCUT2D eigenvalue weighted by Crippen LogP contribution is 2.28. The molecule has 106 valence electrons. The second-order valence-corrected chi connectivity index (χ2v) is 3.55. The van der Waals surface area contributed by atoms with Gasteiger partial charge in [0.25, 0.3) is 12.1 Å². The van der Waals surface area contributed by atoms with Crippen molar-refractivity contribution in [2.75, 3.05) is 6.61 Å². The molecule has 0 saturated heterocycles. The maximum absolute atomic E-state index is 12.9. The molecule has 0 aliphatic carbocycles. The van der Waals surface area contributed by atoms with Crippen molar-refractivity contribution in [3.8, 4) is 6.07 Å². The fourth-order valence-corrected chi connectivity index (χ4v) is 1.50. The van der Waals surface area contributed by atoms with Crippen molar-refractivity contribution in [2.24, 2.45) is 0 Å². The molecule has 0 aliphatic heterocycles. The molecular weight excluding hydrogens is 276 g/mol. The number of carbonyl (C=O) groups excluding carboxylic acids is 1. The zero-order chi connectivity index (χ0) is 15.3. The summed E-state index contributed by atoms with van der Waals surface area (Å²) < 4.78 is 30.4. The standard InChI is InChI=1S/C11H9F2N3O4/c1-2-20-10(17)4-6-7(11(12)13)3-9(16(18)19)15-8(6)5-14/h3,11H,2,4H2,1H3. The van der Waals surface area contributed by atoms with E-state index in [2.05, 4.69) is 9.72 Å². The van der Waals surface area contributed by atoms with E-state index in [9.17, 15) is 23.7 Å². The number of rotatable bonds is 5. The first kappa shape index (κ1) is 15.4. The number of esters is 1. The molecule has 1 aromatic rings. The summed E-state index contributed by atoms with van der Waals surface area (Å²) in [5.41, 5.74) is -1.70. The molecule has 0 unspecified atom stereocenters. The minimum absolute atomic E-state index is 0.0468. The van der Waals surface area contributed by atoms with Crippen LogP contribution in [-0.4, -0.2) is 22.5 Å². The largest absolute Gasteiger partial charge is 0.466 e. The molecule has 0 radical (unpaired) electrons. The zero-order valence-electron chi connectivity index (χ0n) is 10.3. The van der Waals surface area contributed by atoms with Crippen LogP contribution >= 0.6 is 0 Å². The Bertz CT molecular complexity index is 584. The first-order valence-corrected chi connectivity index (χ1v) is 5.42. The molecule has 0 saturated carbocycles. The highest BCUT2D eigenvalue weighted by Gasteiger charge is 2.27. The van der Waals surface area contributed by atoms with Gasteiger partial charge < -0.3 is 14.9 Å². The molecule has 7 nitrogen and oxygen atoms in total. The van der Waals surface area contributed by atoms with Gasteiger partial charge in [-0.05, 0) is 16.8 Å². The molecule has 0 aromatic carbocycles. The monoisotopic (exact) mass is 285 g/mol. The van der Waals surface area contributed by atoms with Crippen LogP contribution in [0.5, 0.6) is 0 Å². The molecule has 0 spiro atoms. The van der Waals surface area contributed by atoms with E-state index in [0.717, 1.165) is 0 Å². The van der Waals surface area contributed by atoms with E-state index < -0.39 is 40.8 Å². The maximum Gasteiger partial charge on any atom is 0.365 e. The lowest BCUT2D eigenvalue weighted by Gasteiger charge is -2.08. The number of hydrogen-bond acceptors (Lipinski definition) is 6. The molecule has 0 atom stereocenters. The van der Waals surface area contributed by atoms with Crippen LogP contribution in [0.4, 0.5) is 14.6 Å². The number of halogens is 2. The number of alkyl halides is 2. The third kappa shape index (κ3) is 3.44. The Morgan fingerprint density at radius 2 is 2.30 bits per heavy atom. The summed E-state index contributed by atoms with van der Waals surface area (Å²) in [4.78, 5) is 24.3. The van der Waals surface area contributed by atoms with Crippen molar-refractivity contribution < 1.29 is 23.2 Å². The first-order chi connectivity index (χ1) is 9.40. The predicted molar refractivity (Wildman–Crippen MR) is 60.9 cm³/mol. The highest BCUT2D eigenvalue weighted by atomic mass is 19.3. The zero-order valence-corrected chi connectivity index (χ0v) is 10.3. The lowest BCUT2D eigenvalue weighted by Crippen LogP contribution is -2.13. The molecule has 1 heterocycles. The number of carbonyl (C=O) groups is 1. The second-order valence-electron chi connectivity index (χ2n) is 3.55. The lowest BCUT2D eigenvalue weighted by atomic mass is 10.0. The summed E-state index contributed by atoms with van der Waals surface area (Å²) in [6, 6.07) is 2.03. The summed E-state index contributed by atoms with van der Waals surface area (Å²) in [5, 5.41) is 19.4. The highest BCUT2D eigenvalue weighted by molar-refractivity contribution is 5.74. The first-order valence-electron chi connectivity index (χ1n) is 5.42. The van der Waals surface area contributed by atoms with E-state index in [4.69, 9.17) is 5.26 Å². The van der Waals surface area contributed by atoms with Crippen LogP contribution in [0.1, 0.15) is 30.2 Å². The number of aromatic nitrogens is 1. The quantitative estimate of drug-likeness (QED) is 0.464. The predicted octanol–water partition coefficient (Wildman–Crippen LogP) is 1.90. The van der Waals surface area contributed by atoms with Crippen LogP contribution in [0.3, 0.4) is 0 Å². The van der Waals surface area contributed by atoms with Crippen LogP contribution in [-0.2, 0) is 16.0 Å². The van der Waals surface area contributed by atoms with Gasteiger partial charge in [0, 0.05) is 17.2 Å². The molecule has 0 amide bonds. The van der Waals surface area contributed by atoms with Crippen LogP contribution in [0.25, 0.3) is 0 Å². The topological polar surface area (TPSA) is 106 Å². The van der Waals surface area contributed by atoms with Gasteiger partial charge in [-0.3, -0.25) is 4.79 Å². The SMILES string of the molecule is CCOC(=O)Cc1c(C(F)F)cc([N+](=O)[O-])nc1C#N. The Balaban J connectivity index is 3.36. The van der Waals surface area contributed by atoms with Gasteiger partial charge in [-0.2, -0.15) is 5.26 Å². The lowest BCUT2D eigenvalue weighted by molar-refractivity contribution is -0.389. The van der Waals surface area contributed by atoms with Gasteiger partial charge >= 0.3 is 11.8 Å². The van der Waals surface area contributed by atoms with Crippen LogP contribution in [0.2, 0.25) is 0 Å². The fraction of sp³-hybridized carbons (Fsp3) is 0.364. The van der Waals surface area contributed by atoms with Crippen LogP contribution in [0, 0.1) is 21.4 Å². The van der Waals surface area contributed by atoms with Gasteiger partial charge in [-0.15, -0.1) is 0 Å². The third-order valence-corrected chi connectivity index (χ3v) is 2.30. The van der Waals surface area contributed by atoms with E-state index in [1.54, 1.807) is 0 Å². The molecule has 0 bridgehead atoms. The maximum atomic E-state index is 12.9. The van der Waals surface area contributed by atoms with E-state index in [1.165, 1.54) is 13.0 Å². The van der Waals surface area contributed by atoms with Crippen molar-refractivity contribution in [1.29, 1.82) is 5.26 Å². The average molecular weight is 285 g/mol. The summed E-state index contributed by atoms with van der Waals surface area (Å²) in [6.45, 7) is 1.58. The van der Waals surface area contributed by atoms with Gasteiger partial charge in [-0.1, -0.05) is 0 Å². The summed E-state index contributed by atoms with van der Waals surface area (Å²) in [6.07, 6.45) is -3.67. The second kappa shape index (κ2) is 6.51. The average Bonchev–Trinajstić information content (AvgIpc) is 2.38. The van der Waals surface area contributed by atoms with Crippen LogP contribution in [0.15, 0.2) is 6.07 Å². The van der Waals surface area contributed by atoms with Crippen molar-refractivity contribution in [3.63, 3.8) is 0 Å². The Morgan fingerprint density at radius 1 is 1.65 bits per heavy atom. The molecule has 9 heteroatoms. The van der Waals surface area contributed by atoms with E-state index in [1.807, 2.05) is 0 Å². The number of nitro groups is 1. The smallest absolute Gasteiger partial charge is 0.365 e. The number of pyridine rings is 1. The molecule has 0 N–H and O–H groups in total. The fourth-order valence-electron chi connectivity index (χ4n) is 1.50. The van der Waals surface area contributed by atoms with Crippen molar-refractivity contribution in [1.82, 2.24) is 4.98 Å². The van der Waals surface area contributed by atoms with Gasteiger partial charge in [0.2, 0.25) is 0 Å². The van der Waals surface area contributed by atoms with Gasteiger partial charge in [0.05, 0.1) is 13.0 Å². The van der Waals surface area contributed by atoms with E-state index in [-0.39, 0.29) is 12.2 Å². The number of nitrogens with zero attached hydrogens (tertiary/aromatic N) is 3. The minimum atomic E-state index is -3.08. The Morgan fingerprint density at radius 3 is 2.75 bits per heavy atom. The van der Waals surface area contributed by atoms with Crippen molar-refractivity contribution >= 4 is 11.8 Å². The molecule has 1 aromatic heterocycles. The number of nitriles is 1. The van der Waals surface area contributed by atoms with Crippen molar-refractivity contribution in [2.45, 2.75) is 19.8 Å². The third-order valence-electron chi connectivity index (χ3n) is 2.30. The Kier molecular flexibility index (Phi) is 5.02. The van der Waals surface area contributed by atoms with Gasteiger partial charge in [0.15, 0.2) is 0 Å². The summed E-state index contributed by atoms with van der Waals surface area (Å²) >= 11 is 0. The molecule has 0 aliphatic rings. The summed E-state index contributed by atoms with van der Waals surface area (Å²) in [5.74, 6) is -1.69. The van der Waals surface area contributed by atoms with Gasteiger partial charge in [-0.25, -0.2) is 8.78 Å². The Hall–Kier alpha value is -2.63. The molecule has 1 rings (SSSR count). The van der Waals surface area contributed by atoms with E-state index in [0.29, 0.717) is 6.07 Å². The van der Waals surface area contributed by atoms with Crippen LogP contribution < -0.4 is 0 Å². The number of hydrogen-bond donors (Lipinski definition) is 0. The molecular formula is C11H9F2N3O4. The summed E-state index contributed by atoms with van der Waals surface area (Å²) in [7, 11) is 0. The normalized spacial score (nSPS) is 10.2. The molecule has 20 heavy (non-hydrogen) atoms. The minimum Gasteiger partial charge on any atom is -0.466 e. The van der Waals surface area contributed by atoms with Crippen molar-refractivity contribution in [3.05, 3.63) is 33.0 Å². The van der Waals surface area contributed by atoms with Gasteiger partial charge in [0.1, 0.15) is 6.07 Å². The Labute approximate surface area is 111 Å².